The topological polar surface area (TPSA) is 67.4 Å². The number of halogens is 1. The average Bonchev–Trinajstić information content (AvgIpc) is 2.75. The second-order valence-electron chi connectivity index (χ2n) is 6.48. The summed E-state index contributed by atoms with van der Waals surface area (Å²) < 4.78 is 5.16. The molecule has 154 valence electrons. The summed E-state index contributed by atoms with van der Waals surface area (Å²) in [6.45, 7) is 1.90. The molecular weight excluding hydrogens is 420 g/mol. The second-order valence-corrected chi connectivity index (χ2v) is 7.91. The van der Waals surface area contributed by atoms with Crippen molar-refractivity contribution in [3.05, 3.63) is 82.9 Å². The first kappa shape index (κ1) is 21.7. The Hall–Kier alpha value is -2.96. The zero-order valence-electron chi connectivity index (χ0n) is 16.6. The van der Waals surface area contributed by atoms with E-state index in [0.717, 1.165) is 5.56 Å². The fraction of sp³-hybridized carbons (Fsp3) is 0.130. The Morgan fingerprint density at radius 2 is 1.73 bits per heavy atom. The molecule has 0 aliphatic heterocycles. The van der Waals surface area contributed by atoms with Crippen molar-refractivity contribution in [2.24, 2.45) is 0 Å². The number of amides is 2. The average molecular weight is 441 g/mol. The van der Waals surface area contributed by atoms with Crippen LogP contribution in [0.3, 0.4) is 0 Å². The van der Waals surface area contributed by atoms with Crippen molar-refractivity contribution in [1.82, 2.24) is 0 Å². The van der Waals surface area contributed by atoms with Crippen LogP contribution in [0.15, 0.2) is 71.6 Å². The van der Waals surface area contributed by atoms with Crippen molar-refractivity contribution in [2.45, 2.75) is 11.8 Å². The zero-order valence-corrected chi connectivity index (χ0v) is 18.1. The lowest BCUT2D eigenvalue weighted by atomic mass is 10.2. The van der Waals surface area contributed by atoms with Crippen LogP contribution in [-0.2, 0) is 4.79 Å². The third kappa shape index (κ3) is 5.78. The molecule has 0 aromatic heterocycles. The van der Waals surface area contributed by atoms with Crippen LogP contribution in [0.4, 0.5) is 11.4 Å². The van der Waals surface area contributed by atoms with E-state index >= 15 is 0 Å². The van der Waals surface area contributed by atoms with Crippen LogP contribution in [-0.4, -0.2) is 24.7 Å². The quantitative estimate of drug-likeness (QED) is 0.466. The SMILES string of the molecule is COc1cccc(NC(=O)CSc2ccccc2C(=O)Nc2ccc(C)c(Cl)c2)c1. The molecule has 0 saturated carbocycles. The number of carbonyl (C=O) groups excluding carboxylic acids is 2. The molecule has 0 saturated heterocycles. The molecule has 5 nitrogen and oxygen atoms in total. The summed E-state index contributed by atoms with van der Waals surface area (Å²) in [5.74, 6) is 0.399. The third-order valence-corrected chi connectivity index (χ3v) is 5.75. The molecule has 0 aliphatic rings. The van der Waals surface area contributed by atoms with Crippen molar-refractivity contribution >= 4 is 46.6 Å². The van der Waals surface area contributed by atoms with Gasteiger partial charge >= 0.3 is 0 Å². The normalized spacial score (nSPS) is 10.4. The maximum absolute atomic E-state index is 12.8. The highest BCUT2D eigenvalue weighted by Gasteiger charge is 2.14. The minimum atomic E-state index is -0.258. The molecule has 3 rings (SSSR count). The van der Waals surface area contributed by atoms with Gasteiger partial charge in [-0.3, -0.25) is 9.59 Å². The van der Waals surface area contributed by atoms with E-state index in [4.69, 9.17) is 16.3 Å². The number of thioether (sulfide) groups is 1. The summed E-state index contributed by atoms with van der Waals surface area (Å²) in [7, 11) is 1.57. The summed E-state index contributed by atoms with van der Waals surface area (Å²) in [4.78, 5) is 25.8. The van der Waals surface area contributed by atoms with Crippen LogP contribution in [0.2, 0.25) is 5.02 Å². The molecule has 3 aromatic carbocycles. The van der Waals surface area contributed by atoms with Gasteiger partial charge in [-0.05, 0) is 48.9 Å². The Morgan fingerprint density at radius 1 is 0.967 bits per heavy atom. The van der Waals surface area contributed by atoms with E-state index in [2.05, 4.69) is 10.6 Å². The number of rotatable bonds is 7. The van der Waals surface area contributed by atoms with Gasteiger partial charge in [-0.2, -0.15) is 0 Å². The molecule has 3 aromatic rings. The maximum atomic E-state index is 12.8. The maximum Gasteiger partial charge on any atom is 0.256 e. The lowest BCUT2D eigenvalue weighted by Crippen LogP contribution is -2.16. The summed E-state index contributed by atoms with van der Waals surface area (Å²) in [5.41, 5.74) is 2.70. The van der Waals surface area contributed by atoms with E-state index in [1.54, 1.807) is 55.6 Å². The smallest absolute Gasteiger partial charge is 0.256 e. The van der Waals surface area contributed by atoms with Crippen LogP contribution in [0.5, 0.6) is 5.75 Å². The van der Waals surface area contributed by atoms with Crippen LogP contribution >= 0.6 is 23.4 Å². The van der Waals surface area contributed by atoms with Crippen LogP contribution < -0.4 is 15.4 Å². The molecule has 0 atom stereocenters. The number of aryl methyl sites for hydroxylation is 1. The van der Waals surface area contributed by atoms with Crippen LogP contribution in [0.25, 0.3) is 0 Å². The largest absolute Gasteiger partial charge is 0.497 e. The minimum absolute atomic E-state index is 0.165. The molecule has 0 fully saturated rings. The second kappa shape index (κ2) is 10.2. The zero-order chi connectivity index (χ0) is 21.5. The number of benzene rings is 3. The fourth-order valence-electron chi connectivity index (χ4n) is 2.69. The lowest BCUT2D eigenvalue weighted by Gasteiger charge is -2.11. The number of anilines is 2. The molecule has 0 aliphatic carbocycles. The Labute approximate surface area is 184 Å². The van der Waals surface area contributed by atoms with E-state index in [-0.39, 0.29) is 17.6 Å². The summed E-state index contributed by atoms with van der Waals surface area (Å²) in [6.07, 6.45) is 0. The first-order chi connectivity index (χ1) is 14.5. The number of nitrogens with one attached hydrogen (secondary N) is 2. The highest BCUT2D eigenvalue weighted by molar-refractivity contribution is 8.00. The minimum Gasteiger partial charge on any atom is -0.497 e. The molecule has 2 amide bonds. The molecule has 0 bridgehead atoms. The van der Waals surface area contributed by atoms with Gasteiger partial charge in [0.1, 0.15) is 5.75 Å². The predicted molar refractivity (Wildman–Crippen MR) is 123 cm³/mol. The monoisotopic (exact) mass is 440 g/mol. The molecule has 2 N–H and O–H groups in total. The van der Waals surface area contributed by atoms with E-state index in [9.17, 15) is 9.59 Å². The molecular formula is C23H21ClN2O3S. The molecule has 0 heterocycles. The van der Waals surface area contributed by atoms with Crippen LogP contribution in [0.1, 0.15) is 15.9 Å². The van der Waals surface area contributed by atoms with Crippen molar-refractivity contribution in [3.63, 3.8) is 0 Å². The molecule has 0 spiro atoms. The van der Waals surface area contributed by atoms with Gasteiger partial charge in [0.05, 0.1) is 18.4 Å². The summed E-state index contributed by atoms with van der Waals surface area (Å²) in [6, 6.07) is 19.7. The van der Waals surface area contributed by atoms with Gasteiger partial charge in [0.15, 0.2) is 0 Å². The van der Waals surface area contributed by atoms with Gasteiger partial charge in [-0.1, -0.05) is 35.9 Å². The number of hydrogen-bond donors (Lipinski definition) is 2. The lowest BCUT2D eigenvalue weighted by molar-refractivity contribution is -0.113. The molecule has 30 heavy (non-hydrogen) atoms. The standard InChI is InChI=1S/C23H21ClN2O3S/c1-15-10-11-17(13-20(15)24)26-23(28)19-8-3-4-9-21(19)30-14-22(27)25-16-6-5-7-18(12-16)29-2/h3-13H,14H2,1-2H3,(H,25,27)(H,26,28). The summed E-state index contributed by atoms with van der Waals surface area (Å²) >= 11 is 7.44. The Bertz CT molecular complexity index is 1070. The Morgan fingerprint density at radius 3 is 2.50 bits per heavy atom. The number of methoxy groups -OCH3 is 1. The van der Waals surface area contributed by atoms with Crippen molar-refractivity contribution in [3.8, 4) is 5.75 Å². The van der Waals surface area contributed by atoms with Gasteiger partial charge in [-0.25, -0.2) is 0 Å². The molecule has 0 unspecified atom stereocenters. The van der Waals surface area contributed by atoms with Gasteiger partial charge < -0.3 is 15.4 Å². The van der Waals surface area contributed by atoms with Gasteiger partial charge in [-0.15, -0.1) is 11.8 Å². The van der Waals surface area contributed by atoms with Crippen LogP contribution in [0, 0.1) is 6.92 Å². The highest BCUT2D eigenvalue weighted by atomic mass is 35.5. The first-order valence-corrected chi connectivity index (χ1v) is 10.6. The third-order valence-electron chi connectivity index (χ3n) is 4.27. The van der Waals surface area contributed by atoms with Gasteiger partial charge in [0.25, 0.3) is 5.91 Å². The molecule has 0 radical (unpaired) electrons. The number of ether oxygens (including phenoxy) is 1. The van der Waals surface area contributed by atoms with Gasteiger partial charge in [0.2, 0.25) is 5.91 Å². The Balaban J connectivity index is 1.65. The Kier molecular flexibility index (Phi) is 7.38. The van der Waals surface area contributed by atoms with E-state index in [1.807, 2.05) is 25.1 Å². The van der Waals surface area contributed by atoms with E-state index in [1.165, 1.54) is 11.8 Å². The first-order valence-electron chi connectivity index (χ1n) is 9.19. The predicted octanol–water partition coefficient (Wildman–Crippen LogP) is 5.64. The van der Waals surface area contributed by atoms with E-state index in [0.29, 0.717) is 32.6 Å². The molecule has 7 heteroatoms. The van der Waals surface area contributed by atoms with Crippen molar-refractivity contribution in [1.29, 1.82) is 0 Å². The highest BCUT2D eigenvalue weighted by Crippen LogP contribution is 2.25. The number of carbonyl (C=O) groups is 2. The number of hydrogen-bond acceptors (Lipinski definition) is 4. The van der Waals surface area contributed by atoms with Crippen molar-refractivity contribution < 1.29 is 14.3 Å². The van der Waals surface area contributed by atoms with Gasteiger partial charge in [0, 0.05) is 27.4 Å². The summed E-state index contributed by atoms with van der Waals surface area (Å²) in [5, 5.41) is 6.28. The fourth-order valence-corrected chi connectivity index (χ4v) is 3.72. The van der Waals surface area contributed by atoms with E-state index < -0.39 is 0 Å². The van der Waals surface area contributed by atoms with Crippen molar-refractivity contribution in [2.75, 3.05) is 23.5 Å².